The van der Waals surface area contributed by atoms with Crippen LogP contribution in [0.5, 0.6) is 0 Å². The number of halogens is 2. The number of hydrogen-bond acceptors (Lipinski definition) is 2. The Kier molecular flexibility index (Phi) is 4.15. The summed E-state index contributed by atoms with van der Waals surface area (Å²) < 4.78 is 1.07. The van der Waals surface area contributed by atoms with Crippen LogP contribution in [0.25, 0.3) is 0 Å². The molecular weight excluding hydrogens is 300 g/mol. The van der Waals surface area contributed by atoms with Gasteiger partial charge in [0.25, 0.3) is 0 Å². The van der Waals surface area contributed by atoms with Crippen molar-refractivity contribution in [2.24, 2.45) is 5.73 Å². The van der Waals surface area contributed by atoms with Crippen LogP contribution in [-0.4, -0.2) is 4.98 Å². The zero-order valence-corrected chi connectivity index (χ0v) is 11.4. The second-order valence-electron chi connectivity index (χ2n) is 3.80. The van der Waals surface area contributed by atoms with Crippen molar-refractivity contribution in [3.63, 3.8) is 0 Å². The summed E-state index contributed by atoms with van der Waals surface area (Å²) in [7, 11) is 0. The normalized spacial score (nSPS) is 12.4. The summed E-state index contributed by atoms with van der Waals surface area (Å²) in [6, 6.07) is 11.6. The molecule has 4 heteroatoms. The Morgan fingerprint density at radius 3 is 2.65 bits per heavy atom. The van der Waals surface area contributed by atoms with Gasteiger partial charge in [-0.1, -0.05) is 45.7 Å². The third kappa shape index (κ3) is 3.28. The lowest BCUT2D eigenvalue weighted by Gasteiger charge is -2.12. The molecule has 2 N–H and O–H groups in total. The minimum atomic E-state index is -0.119. The number of hydrogen-bond donors (Lipinski definition) is 1. The Bertz CT molecular complexity index is 499. The van der Waals surface area contributed by atoms with Crippen molar-refractivity contribution >= 4 is 27.5 Å². The second-order valence-corrected chi connectivity index (χ2v) is 5.09. The van der Waals surface area contributed by atoms with Gasteiger partial charge < -0.3 is 5.73 Å². The van der Waals surface area contributed by atoms with E-state index in [2.05, 4.69) is 27.0 Å². The SMILES string of the molecule is NC(Cc1ccccc1Br)c1ccc(Cl)cn1. The largest absolute Gasteiger partial charge is 0.322 e. The molecule has 1 atom stereocenters. The van der Waals surface area contributed by atoms with E-state index in [0.717, 1.165) is 16.6 Å². The summed E-state index contributed by atoms with van der Waals surface area (Å²) in [5, 5.41) is 0.627. The van der Waals surface area contributed by atoms with E-state index >= 15 is 0 Å². The van der Waals surface area contributed by atoms with E-state index in [9.17, 15) is 0 Å². The monoisotopic (exact) mass is 310 g/mol. The van der Waals surface area contributed by atoms with Gasteiger partial charge in [0.2, 0.25) is 0 Å². The van der Waals surface area contributed by atoms with Gasteiger partial charge in [-0.15, -0.1) is 0 Å². The smallest absolute Gasteiger partial charge is 0.0589 e. The molecule has 0 aliphatic rings. The van der Waals surface area contributed by atoms with Crippen LogP contribution in [0.1, 0.15) is 17.3 Å². The van der Waals surface area contributed by atoms with Crippen LogP contribution in [-0.2, 0) is 6.42 Å². The molecule has 2 rings (SSSR count). The lowest BCUT2D eigenvalue weighted by molar-refractivity contribution is 0.695. The predicted molar refractivity (Wildman–Crippen MR) is 74.0 cm³/mol. The van der Waals surface area contributed by atoms with Crippen LogP contribution in [0.4, 0.5) is 0 Å². The maximum atomic E-state index is 6.12. The van der Waals surface area contributed by atoms with E-state index < -0.39 is 0 Å². The number of nitrogens with two attached hydrogens (primary N) is 1. The molecular formula is C13H12BrClN2. The molecule has 1 unspecified atom stereocenters. The summed E-state index contributed by atoms with van der Waals surface area (Å²) in [6.45, 7) is 0. The van der Waals surface area contributed by atoms with Gasteiger partial charge in [-0.25, -0.2) is 0 Å². The first-order valence-electron chi connectivity index (χ1n) is 5.27. The van der Waals surface area contributed by atoms with Crippen LogP contribution < -0.4 is 5.73 Å². The van der Waals surface area contributed by atoms with Crippen LogP contribution in [0.3, 0.4) is 0 Å². The highest BCUT2D eigenvalue weighted by Crippen LogP contribution is 2.21. The van der Waals surface area contributed by atoms with Gasteiger partial charge in [0, 0.05) is 10.7 Å². The fourth-order valence-corrected chi connectivity index (χ4v) is 2.17. The van der Waals surface area contributed by atoms with Crippen LogP contribution >= 0.6 is 27.5 Å². The van der Waals surface area contributed by atoms with Crippen LogP contribution in [0.15, 0.2) is 47.1 Å². The number of pyridine rings is 1. The standard InChI is InChI=1S/C13H12BrClN2/c14-11-4-2-1-3-9(11)7-12(16)13-6-5-10(15)8-17-13/h1-6,8,12H,7,16H2. The third-order valence-electron chi connectivity index (χ3n) is 2.53. The van der Waals surface area contributed by atoms with Crippen LogP contribution in [0, 0.1) is 0 Å². The molecule has 0 bridgehead atoms. The quantitative estimate of drug-likeness (QED) is 0.938. The average molecular weight is 312 g/mol. The zero-order valence-electron chi connectivity index (χ0n) is 9.11. The van der Waals surface area contributed by atoms with Gasteiger partial charge in [0.05, 0.1) is 16.8 Å². The highest BCUT2D eigenvalue weighted by molar-refractivity contribution is 9.10. The summed E-state index contributed by atoms with van der Waals surface area (Å²) in [4.78, 5) is 4.23. The van der Waals surface area contributed by atoms with E-state index in [0.29, 0.717) is 5.02 Å². The lowest BCUT2D eigenvalue weighted by Crippen LogP contribution is -2.15. The number of aromatic nitrogens is 1. The number of rotatable bonds is 3. The Morgan fingerprint density at radius 2 is 2.00 bits per heavy atom. The molecule has 0 aliphatic carbocycles. The first-order chi connectivity index (χ1) is 8.16. The van der Waals surface area contributed by atoms with Crippen LogP contribution in [0.2, 0.25) is 5.02 Å². The molecule has 88 valence electrons. The Balaban J connectivity index is 2.14. The van der Waals surface area contributed by atoms with E-state index in [1.165, 1.54) is 5.56 Å². The Hall–Kier alpha value is -0.900. The van der Waals surface area contributed by atoms with Crippen molar-refractivity contribution in [1.29, 1.82) is 0 Å². The van der Waals surface area contributed by atoms with Gasteiger partial charge in [0.15, 0.2) is 0 Å². The van der Waals surface area contributed by atoms with E-state index in [1.807, 2.05) is 30.3 Å². The molecule has 2 aromatic rings. The molecule has 0 aliphatic heterocycles. The maximum absolute atomic E-state index is 6.12. The van der Waals surface area contributed by atoms with Gasteiger partial charge in [-0.3, -0.25) is 4.98 Å². The highest BCUT2D eigenvalue weighted by atomic mass is 79.9. The molecule has 1 aromatic carbocycles. The molecule has 0 radical (unpaired) electrons. The van der Waals surface area contributed by atoms with Gasteiger partial charge in [-0.05, 0) is 30.2 Å². The first kappa shape index (κ1) is 12.6. The summed E-state index contributed by atoms with van der Waals surface area (Å²) in [5.74, 6) is 0. The van der Waals surface area contributed by atoms with Gasteiger partial charge in [0.1, 0.15) is 0 Å². The molecule has 1 aromatic heterocycles. The highest BCUT2D eigenvalue weighted by Gasteiger charge is 2.10. The Labute approximate surface area is 114 Å². The fraction of sp³-hybridized carbons (Fsp3) is 0.154. The fourth-order valence-electron chi connectivity index (χ4n) is 1.61. The maximum Gasteiger partial charge on any atom is 0.0589 e. The Morgan fingerprint density at radius 1 is 1.24 bits per heavy atom. The van der Waals surface area contributed by atoms with E-state index in [-0.39, 0.29) is 6.04 Å². The molecule has 2 nitrogen and oxygen atoms in total. The number of nitrogens with zero attached hydrogens (tertiary/aromatic N) is 1. The zero-order chi connectivity index (χ0) is 12.3. The predicted octanol–water partition coefficient (Wildman–Crippen LogP) is 3.74. The average Bonchev–Trinajstić information content (AvgIpc) is 2.33. The third-order valence-corrected chi connectivity index (χ3v) is 3.53. The summed E-state index contributed by atoms with van der Waals surface area (Å²) >= 11 is 9.30. The van der Waals surface area contributed by atoms with Crippen molar-refractivity contribution in [1.82, 2.24) is 4.98 Å². The molecule has 0 saturated carbocycles. The van der Waals surface area contributed by atoms with E-state index in [4.69, 9.17) is 17.3 Å². The topological polar surface area (TPSA) is 38.9 Å². The molecule has 0 saturated heterocycles. The molecule has 0 fully saturated rings. The lowest BCUT2D eigenvalue weighted by atomic mass is 10.0. The molecule has 17 heavy (non-hydrogen) atoms. The molecule has 1 heterocycles. The number of benzene rings is 1. The van der Waals surface area contributed by atoms with Crippen molar-refractivity contribution in [3.8, 4) is 0 Å². The van der Waals surface area contributed by atoms with Gasteiger partial charge >= 0.3 is 0 Å². The molecule has 0 spiro atoms. The first-order valence-corrected chi connectivity index (χ1v) is 6.44. The second kappa shape index (κ2) is 5.63. The van der Waals surface area contributed by atoms with Gasteiger partial charge in [-0.2, -0.15) is 0 Å². The van der Waals surface area contributed by atoms with Crippen molar-refractivity contribution < 1.29 is 0 Å². The van der Waals surface area contributed by atoms with Crippen molar-refractivity contribution in [2.75, 3.05) is 0 Å². The minimum Gasteiger partial charge on any atom is -0.322 e. The van der Waals surface area contributed by atoms with E-state index in [1.54, 1.807) is 6.20 Å². The van der Waals surface area contributed by atoms with Crippen molar-refractivity contribution in [2.45, 2.75) is 12.5 Å². The van der Waals surface area contributed by atoms with Crippen molar-refractivity contribution in [3.05, 3.63) is 63.3 Å². The molecule has 0 amide bonds. The summed E-state index contributed by atoms with van der Waals surface area (Å²) in [5.41, 5.74) is 8.15. The summed E-state index contributed by atoms with van der Waals surface area (Å²) in [6.07, 6.45) is 2.37. The minimum absolute atomic E-state index is 0.119.